The molecule has 0 saturated carbocycles. The monoisotopic (exact) mass is 385 g/mol. The fourth-order valence-electron chi connectivity index (χ4n) is 2.82. The predicted octanol–water partition coefficient (Wildman–Crippen LogP) is 4.07. The predicted molar refractivity (Wildman–Crippen MR) is 94.2 cm³/mol. The Bertz CT molecular complexity index is 727. The second kappa shape index (κ2) is 8.24. The molecule has 1 aliphatic rings. The topological polar surface area (TPSA) is 37.4 Å². The molecule has 140 valence electrons. The first-order valence-electron chi connectivity index (χ1n) is 8.26. The molecule has 0 bridgehead atoms. The number of nitrogens with zero attached hydrogens (tertiary/aromatic N) is 2. The van der Waals surface area contributed by atoms with Crippen LogP contribution < -0.4 is 5.32 Å². The SMILES string of the molecule is FC(F)(F)c1cnc(NCC2CN(Cc3ccccc3)CCO2)c(Cl)c1. The number of morpholine rings is 1. The molecule has 1 aliphatic heterocycles. The first kappa shape index (κ1) is 18.9. The Balaban J connectivity index is 1.54. The number of ether oxygens (including phenoxy) is 1. The Morgan fingerprint density at radius 2 is 2.04 bits per heavy atom. The van der Waals surface area contributed by atoms with Crippen molar-refractivity contribution in [2.75, 3.05) is 31.6 Å². The lowest BCUT2D eigenvalue weighted by atomic mass is 10.2. The summed E-state index contributed by atoms with van der Waals surface area (Å²) < 4.78 is 43.7. The maximum atomic E-state index is 12.7. The van der Waals surface area contributed by atoms with E-state index in [-0.39, 0.29) is 16.9 Å². The van der Waals surface area contributed by atoms with E-state index in [9.17, 15) is 13.2 Å². The quantitative estimate of drug-likeness (QED) is 0.842. The molecule has 1 unspecified atom stereocenters. The van der Waals surface area contributed by atoms with Crippen LogP contribution in [0.3, 0.4) is 0 Å². The molecule has 4 nitrogen and oxygen atoms in total. The van der Waals surface area contributed by atoms with Gasteiger partial charge in [0.05, 0.1) is 23.3 Å². The van der Waals surface area contributed by atoms with Crippen molar-refractivity contribution in [2.45, 2.75) is 18.8 Å². The lowest BCUT2D eigenvalue weighted by Gasteiger charge is -2.33. The van der Waals surface area contributed by atoms with Gasteiger partial charge in [-0.05, 0) is 11.6 Å². The van der Waals surface area contributed by atoms with E-state index in [0.29, 0.717) is 13.2 Å². The van der Waals surface area contributed by atoms with Gasteiger partial charge in [0, 0.05) is 32.4 Å². The zero-order valence-corrected chi connectivity index (χ0v) is 14.7. The minimum absolute atomic E-state index is 0.0585. The van der Waals surface area contributed by atoms with Gasteiger partial charge in [-0.2, -0.15) is 13.2 Å². The normalized spacial score (nSPS) is 18.7. The van der Waals surface area contributed by atoms with Gasteiger partial charge in [-0.3, -0.25) is 4.90 Å². The van der Waals surface area contributed by atoms with Gasteiger partial charge in [0.2, 0.25) is 0 Å². The van der Waals surface area contributed by atoms with Gasteiger partial charge >= 0.3 is 6.18 Å². The van der Waals surface area contributed by atoms with Crippen LogP contribution in [-0.4, -0.2) is 42.2 Å². The zero-order valence-electron chi connectivity index (χ0n) is 14.0. The third-order valence-electron chi connectivity index (χ3n) is 4.14. The van der Waals surface area contributed by atoms with Gasteiger partial charge in [0.25, 0.3) is 0 Å². The van der Waals surface area contributed by atoms with Crippen LogP contribution >= 0.6 is 11.6 Å². The van der Waals surface area contributed by atoms with E-state index >= 15 is 0 Å². The maximum Gasteiger partial charge on any atom is 0.417 e. The number of benzene rings is 1. The van der Waals surface area contributed by atoms with Crippen LogP contribution in [0.15, 0.2) is 42.6 Å². The minimum Gasteiger partial charge on any atom is -0.374 e. The number of halogens is 4. The van der Waals surface area contributed by atoms with Gasteiger partial charge in [-0.25, -0.2) is 4.98 Å². The number of pyridine rings is 1. The van der Waals surface area contributed by atoms with Crippen LogP contribution in [-0.2, 0) is 17.5 Å². The van der Waals surface area contributed by atoms with Crippen LogP contribution in [0.4, 0.5) is 19.0 Å². The van der Waals surface area contributed by atoms with E-state index in [1.165, 1.54) is 5.56 Å². The number of aromatic nitrogens is 1. The van der Waals surface area contributed by atoms with Crippen molar-refractivity contribution in [3.8, 4) is 0 Å². The first-order chi connectivity index (χ1) is 12.4. The average Bonchev–Trinajstić information content (AvgIpc) is 2.61. The van der Waals surface area contributed by atoms with Gasteiger partial charge < -0.3 is 10.1 Å². The zero-order chi connectivity index (χ0) is 18.6. The van der Waals surface area contributed by atoms with E-state index in [1.54, 1.807) is 0 Å². The summed E-state index contributed by atoms with van der Waals surface area (Å²) in [6.07, 6.45) is -3.77. The standard InChI is InChI=1S/C18H19ClF3N3O/c19-16-8-14(18(20,21)22)9-23-17(16)24-10-15-12-25(6-7-26-15)11-13-4-2-1-3-5-13/h1-5,8-9,15H,6-7,10-12H2,(H,23,24). The lowest BCUT2D eigenvalue weighted by Crippen LogP contribution is -2.44. The van der Waals surface area contributed by atoms with Crippen LogP contribution in [0.2, 0.25) is 5.02 Å². The molecule has 1 aromatic heterocycles. The Morgan fingerprint density at radius 3 is 2.73 bits per heavy atom. The Morgan fingerprint density at radius 1 is 1.27 bits per heavy atom. The molecule has 1 aromatic carbocycles. The van der Waals surface area contributed by atoms with Crippen molar-refractivity contribution in [1.82, 2.24) is 9.88 Å². The summed E-state index contributed by atoms with van der Waals surface area (Å²) in [5, 5.41) is 2.93. The van der Waals surface area contributed by atoms with E-state index < -0.39 is 11.7 Å². The minimum atomic E-state index is -4.46. The van der Waals surface area contributed by atoms with E-state index in [2.05, 4.69) is 27.3 Å². The Kier molecular flexibility index (Phi) is 6.01. The Hall–Kier alpha value is -1.83. The second-order valence-electron chi connectivity index (χ2n) is 6.15. The fourth-order valence-corrected chi connectivity index (χ4v) is 3.06. The van der Waals surface area contributed by atoms with E-state index in [1.807, 2.05) is 18.2 Å². The van der Waals surface area contributed by atoms with Crippen molar-refractivity contribution < 1.29 is 17.9 Å². The van der Waals surface area contributed by atoms with Crippen LogP contribution in [0.1, 0.15) is 11.1 Å². The summed E-state index contributed by atoms with van der Waals surface area (Å²) in [5.74, 6) is 0.225. The number of alkyl halides is 3. The maximum absolute atomic E-state index is 12.7. The molecule has 0 aliphatic carbocycles. The number of nitrogens with one attached hydrogen (secondary N) is 1. The highest BCUT2D eigenvalue weighted by Crippen LogP contribution is 2.32. The van der Waals surface area contributed by atoms with Crippen molar-refractivity contribution >= 4 is 17.4 Å². The Labute approximate surface area is 154 Å². The second-order valence-corrected chi connectivity index (χ2v) is 6.55. The highest BCUT2D eigenvalue weighted by molar-refractivity contribution is 6.32. The first-order valence-corrected chi connectivity index (χ1v) is 8.64. The molecular weight excluding hydrogens is 367 g/mol. The number of rotatable bonds is 5. The summed E-state index contributed by atoms with van der Waals surface area (Å²) in [6, 6.07) is 11.0. The van der Waals surface area contributed by atoms with Crippen LogP contribution in [0.5, 0.6) is 0 Å². The van der Waals surface area contributed by atoms with Gasteiger partial charge in [0.15, 0.2) is 0 Å². The third-order valence-corrected chi connectivity index (χ3v) is 4.43. The molecule has 1 N–H and O–H groups in total. The molecule has 0 radical (unpaired) electrons. The molecule has 1 saturated heterocycles. The molecule has 26 heavy (non-hydrogen) atoms. The molecule has 1 atom stereocenters. The van der Waals surface area contributed by atoms with Gasteiger partial charge in [0.1, 0.15) is 5.82 Å². The fraction of sp³-hybridized carbons (Fsp3) is 0.389. The van der Waals surface area contributed by atoms with Gasteiger partial charge in [-0.1, -0.05) is 41.9 Å². The van der Waals surface area contributed by atoms with Crippen molar-refractivity contribution in [2.24, 2.45) is 0 Å². The number of hydrogen-bond donors (Lipinski definition) is 1. The molecule has 0 amide bonds. The lowest BCUT2D eigenvalue weighted by molar-refractivity contribution is -0.137. The molecule has 1 fully saturated rings. The average molecular weight is 386 g/mol. The molecule has 2 aromatic rings. The van der Waals surface area contributed by atoms with E-state index in [4.69, 9.17) is 16.3 Å². The smallest absolute Gasteiger partial charge is 0.374 e. The van der Waals surface area contributed by atoms with Crippen molar-refractivity contribution in [3.63, 3.8) is 0 Å². The molecular formula is C18H19ClF3N3O. The third kappa shape index (κ3) is 5.09. The summed E-state index contributed by atoms with van der Waals surface area (Å²) in [6.45, 7) is 3.42. The molecule has 8 heteroatoms. The summed E-state index contributed by atoms with van der Waals surface area (Å²) in [5.41, 5.74) is 0.365. The molecule has 2 heterocycles. The summed E-state index contributed by atoms with van der Waals surface area (Å²) >= 11 is 5.91. The summed E-state index contributed by atoms with van der Waals surface area (Å²) in [4.78, 5) is 6.07. The largest absolute Gasteiger partial charge is 0.417 e. The molecule has 0 spiro atoms. The van der Waals surface area contributed by atoms with E-state index in [0.717, 1.165) is 31.9 Å². The van der Waals surface area contributed by atoms with Crippen LogP contribution in [0.25, 0.3) is 0 Å². The van der Waals surface area contributed by atoms with Crippen molar-refractivity contribution in [1.29, 1.82) is 0 Å². The highest BCUT2D eigenvalue weighted by Gasteiger charge is 2.31. The van der Waals surface area contributed by atoms with Crippen molar-refractivity contribution in [3.05, 3.63) is 58.7 Å². The number of anilines is 1. The van der Waals surface area contributed by atoms with Gasteiger partial charge in [-0.15, -0.1) is 0 Å². The van der Waals surface area contributed by atoms with Crippen LogP contribution in [0, 0.1) is 0 Å². The molecule has 3 rings (SSSR count). The number of hydrogen-bond acceptors (Lipinski definition) is 4. The summed E-state index contributed by atoms with van der Waals surface area (Å²) in [7, 11) is 0. The highest BCUT2D eigenvalue weighted by atomic mass is 35.5.